The van der Waals surface area contributed by atoms with E-state index in [9.17, 15) is 8.78 Å². The first kappa shape index (κ1) is 13.2. The molecule has 5 heteroatoms. The lowest BCUT2D eigenvalue weighted by Gasteiger charge is -2.36. The Kier molecular flexibility index (Phi) is 4.11. The van der Waals surface area contributed by atoms with Crippen LogP contribution >= 0.6 is 0 Å². The molecular weight excluding hydrogens is 236 g/mol. The molecule has 1 fully saturated rings. The largest absolute Gasteiger partial charge is 0.351 e. The van der Waals surface area contributed by atoms with Crippen LogP contribution in [0, 0.1) is 11.6 Å². The van der Waals surface area contributed by atoms with Gasteiger partial charge in [-0.15, -0.1) is 0 Å². The van der Waals surface area contributed by atoms with Gasteiger partial charge in [-0.05, 0) is 32.6 Å². The average molecular weight is 255 g/mol. The van der Waals surface area contributed by atoms with Gasteiger partial charge in [-0.3, -0.25) is 0 Å². The number of nitrogens with two attached hydrogens (primary N) is 1. The molecule has 0 unspecified atom stereocenters. The van der Waals surface area contributed by atoms with E-state index in [1.807, 2.05) is 11.8 Å². The first-order chi connectivity index (χ1) is 8.61. The van der Waals surface area contributed by atoms with Crippen LogP contribution in [-0.4, -0.2) is 23.6 Å². The summed E-state index contributed by atoms with van der Waals surface area (Å²) in [6.07, 6.45) is 4.84. The maximum Gasteiger partial charge on any atom is 0.168 e. The summed E-state index contributed by atoms with van der Waals surface area (Å²) in [5.41, 5.74) is 5.87. The van der Waals surface area contributed by atoms with Gasteiger partial charge in [0.05, 0.1) is 6.20 Å². The smallest absolute Gasteiger partial charge is 0.168 e. The van der Waals surface area contributed by atoms with Gasteiger partial charge in [0.25, 0.3) is 0 Å². The average Bonchev–Trinajstić information content (AvgIpc) is 2.35. The van der Waals surface area contributed by atoms with E-state index in [1.54, 1.807) is 0 Å². The fourth-order valence-electron chi connectivity index (χ4n) is 2.61. The number of pyridine rings is 1. The zero-order valence-electron chi connectivity index (χ0n) is 10.6. The summed E-state index contributed by atoms with van der Waals surface area (Å²) in [5.74, 6) is -0.982. The molecular formula is C13H19F2N3. The molecule has 2 N–H and O–H groups in total. The topological polar surface area (TPSA) is 42.2 Å². The standard InChI is InChI=1S/C13H19F2N3/c1-2-18(11-5-3-10(16)4-6-11)13-12(15)7-9(14)8-17-13/h7-8,10-11H,2-6,16H2,1H3. The fourth-order valence-corrected chi connectivity index (χ4v) is 2.61. The molecule has 0 aliphatic heterocycles. The van der Waals surface area contributed by atoms with E-state index in [-0.39, 0.29) is 17.9 Å². The second-order valence-corrected chi connectivity index (χ2v) is 4.81. The van der Waals surface area contributed by atoms with Crippen LogP contribution in [0.5, 0.6) is 0 Å². The Morgan fingerprint density at radius 1 is 1.33 bits per heavy atom. The highest BCUT2D eigenvalue weighted by Crippen LogP contribution is 2.27. The van der Waals surface area contributed by atoms with Crippen molar-refractivity contribution < 1.29 is 8.78 Å². The molecule has 0 atom stereocenters. The summed E-state index contributed by atoms with van der Waals surface area (Å²) >= 11 is 0. The molecule has 3 nitrogen and oxygen atoms in total. The van der Waals surface area contributed by atoms with Crippen LogP contribution in [-0.2, 0) is 0 Å². The van der Waals surface area contributed by atoms with Crippen molar-refractivity contribution in [3.05, 3.63) is 23.9 Å². The van der Waals surface area contributed by atoms with E-state index in [4.69, 9.17) is 5.73 Å². The third-order valence-corrected chi connectivity index (χ3v) is 3.58. The maximum absolute atomic E-state index is 13.8. The van der Waals surface area contributed by atoms with Gasteiger partial charge >= 0.3 is 0 Å². The predicted molar refractivity (Wildman–Crippen MR) is 67.4 cm³/mol. The summed E-state index contributed by atoms with van der Waals surface area (Å²) < 4.78 is 26.6. The Morgan fingerprint density at radius 2 is 2.00 bits per heavy atom. The van der Waals surface area contributed by atoms with E-state index >= 15 is 0 Å². The Labute approximate surface area is 106 Å². The minimum absolute atomic E-state index is 0.249. The molecule has 100 valence electrons. The molecule has 0 radical (unpaired) electrons. The number of halogens is 2. The van der Waals surface area contributed by atoms with Crippen LogP contribution in [0.2, 0.25) is 0 Å². The van der Waals surface area contributed by atoms with Crippen molar-refractivity contribution in [3.8, 4) is 0 Å². The van der Waals surface area contributed by atoms with Crippen molar-refractivity contribution in [2.24, 2.45) is 5.73 Å². The highest BCUT2D eigenvalue weighted by atomic mass is 19.1. The first-order valence-corrected chi connectivity index (χ1v) is 6.45. The highest BCUT2D eigenvalue weighted by molar-refractivity contribution is 5.41. The Morgan fingerprint density at radius 3 is 2.56 bits per heavy atom. The zero-order chi connectivity index (χ0) is 13.1. The number of anilines is 1. The summed E-state index contributed by atoms with van der Waals surface area (Å²) in [7, 11) is 0. The molecule has 1 aliphatic carbocycles. The molecule has 18 heavy (non-hydrogen) atoms. The summed E-state index contributed by atoms with van der Waals surface area (Å²) in [4.78, 5) is 5.81. The van der Waals surface area contributed by atoms with Crippen molar-refractivity contribution in [2.75, 3.05) is 11.4 Å². The fraction of sp³-hybridized carbons (Fsp3) is 0.615. The molecule has 0 aromatic carbocycles. The van der Waals surface area contributed by atoms with E-state index < -0.39 is 11.6 Å². The lowest BCUT2D eigenvalue weighted by atomic mass is 9.90. The van der Waals surface area contributed by atoms with Gasteiger partial charge in [-0.1, -0.05) is 0 Å². The summed E-state index contributed by atoms with van der Waals surface area (Å²) in [6.45, 7) is 2.62. The minimum atomic E-state index is -0.641. The van der Waals surface area contributed by atoms with Gasteiger partial charge in [0.2, 0.25) is 0 Å². The molecule has 1 heterocycles. The molecule has 1 aliphatic rings. The van der Waals surface area contributed by atoms with Crippen molar-refractivity contribution in [2.45, 2.75) is 44.7 Å². The number of rotatable bonds is 3. The van der Waals surface area contributed by atoms with Crippen LogP contribution in [0.15, 0.2) is 12.3 Å². The summed E-state index contributed by atoms with van der Waals surface area (Å²) in [5, 5.41) is 0. The summed E-state index contributed by atoms with van der Waals surface area (Å²) in [6, 6.07) is 1.40. The molecule has 0 spiro atoms. The first-order valence-electron chi connectivity index (χ1n) is 6.45. The van der Waals surface area contributed by atoms with Crippen LogP contribution in [0.25, 0.3) is 0 Å². The van der Waals surface area contributed by atoms with Gasteiger partial charge in [0.1, 0.15) is 5.82 Å². The molecule has 1 aromatic heterocycles. The molecule has 1 saturated carbocycles. The Bertz CT molecular complexity index is 403. The lowest BCUT2D eigenvalue weighted by molar-refractivity contribution is 0.374. The van der Waals surface area contributed by atoms with Gasteiger partial charge in [-0.2, -0.15) is 0 Å². The third-order valence-electron chi connectivity index (χ3n) is 3.58. The van der Waals surface area contributed by atoms with E-state index in [0.29, 0.717) is 6.54 Å². The zero-order valence-corrected chi connectivity index (χ0v) is 10.6. The van der Waals surface area contributed by atoms with Crippen LogP contribution in [0.1, 0.15) is 32.6 Å². The molecule has 0 amide bonds. The number of nitrogens with zero attached hydrogens (tertiary/aromatic N) is 2. The monoisotopic (exact) mass is 255 g/mol. The van der Waals surface area contributed by atoms with Crippen molar-refractivity contribution in [3.63, 3.8) is 0 Å². The maximum atomic E-state index is 13.8. The SMILES string of the molecule is CCN(c1ncc(F)cc1F)C1CCC(N)CC1. The lowest BCUT2D eigenvalue weighted by Crippen LogP contribution is -2.41. The van der Waals surface area contributed by atoms with Crippen molar-refractivity contribution in [1.29, 1.82) is 0 Å². The van der Waals surface area contributed by atoms with Gasteiger partial charge in [0, 0.05) is 24.7 Å². The van der Waals surface area contributed by atoms with Crippen molar-refractivity contribution >= 4 is 5.82 Å². The predicted octanol–water partition coefficient (Wildman–Crippen LogP) is 2.46. The van der Waals surface area contributed by atoms with E-state index in [2.05, 4.69) is 4.98 Å². The molecule has 0 bridgehead atoms. The van der Waals surface area contributed by atoms with Crippen molar-refractivity contribution in [1.82, 2.24) is 4.98 Å². The van der Waals surface area contributed by atoms with Crippen LogP contribution < -0.4 is 10.6 Å². The van der Waals surface area contributed by atoms with Crippen LogP contribution in [0.3, 0.4) is 0 Å². The Hall–Kier alpha value is -1.23. The van der Waals surface area contributed by atoms with Crippen LogP contribution in [0.4, 0.5) is 14.6 Å². The van der Waals surface area contributed by atoms with E-state index in [1.165, 1.54) is 0 Å². The quantitative estimate of drug-likeness (QED) is 0.902. The molecule has 2 rings (SSSR count). The third kappa shape index (κ3) is 2.77. The Balaban J connectivity index is 2.17. The normalized spacial score (nSPS) is 24.0. The number of hydrogen-bond acceptors (Lipinski definition) is 3. The van der Waals surface area contributed by atoms with Gasteiger partial charge < -0.3 is 10.6 Å². The molecule has 0 saturated heterocycles. The molecule has 1 aromatic rings. The number of hydrogen-bond donors (Lipinski definition) is 1. The number of aromatic nitrogens is 1. The minimum Gasteiger partial charge on any atom is -0.351 e. The van der Waals surface area contributed by atoms with Gasteiger partial charge in [-0.25, -0.2) is 13.8 Å². The highest BCUT2D eigenvalue weighted by Gasteiger charge is 2.26. The van der Waals surface area contributed by atoms with E-state index in [0.717, 1.165) is 37.9 Å². The second-order valence-electron chi connectivity index (χ2n) is 4.81. The second kappa shape index (κ2) is 5.61. The van der Waals surface area contributed by atoms with Gasteiger partial charge in [0.15, 0.2) is 11.6 Å².